The van der Waals surface area contributed by atoms with Crippen molar-refractivity contribution in [1.29, 1.82) is 21.0 Å². The molecular formula is C10H3N6Na. The van der Waals surface area contributed by atoms with Gasteiger partial charge in [-0.1, -0.05) is 5.56 Å². The molecule has 0 spiro atoms. The van der Waals surface area contributed by atoms with Gasteiger partial charge in [-0.3, -0.25) is 4.98 Å². The van der Waals surface area contributed by atoms with E-state index in [1.165, 1.54) is 6.07 Å². The fourth-order valence-electron chi connectivity index (χ4n) is 1.02. The van der Waals surface area contributed by atoms with Gasteiger partial charge in [0.1, 0.15) is 11.9 Å². The Labute approximate surface area is 120 Å². The van der Waals surface area contributed by atoms with Gasteiger partial charge < -0.3 is 5.73 Å². The van der Waals surface area contributed by atoms with Crippen LogP contribution < -0.4 is 35.3 Å². The minimum Gasteiger partial charge on any atom is -0.383 e. The second kappa shape index (κ2) is 6.38. The molecule has 1 aromatic rings. The van der Waals surface area contributed by atoms with Gasteiger partial charge in [-0.15, -0.1) is 6.07 Å². The van der Waals surface area contributed by atoms with E-state index in [-0.39, 0.29) is 58.1 Å². The Hall–Kier alpha value is -2.22. The Balaban J connectivity index is 0.00000256. The molecule has 0 amide bonds. The topological polar surface area (TPSA) is 134 Å². The van der Waals surface area contributed by atoms with E-state index in [1.807, 2.05) is 0 Å². The summed E-state index contributed by atoms with van der Waals surface area (Å²) in [7, 11) is 0. The minimum atomic E-state index is -0.312. The van der Waals surface area contributed by atoms with E-state index >= 15 is 0 Å². The fourth-order valence-corrected chi connectivity index (χ4v) is 1.02. The molecule has 1 aromatic heterocycles. The van der Waals surface area contributed by atoms with Crippen LogP contribution in [0.15, 0.2) is 6.07 Å². The maximum atomic E-state index is 8.80. The SMILES string of the molecule is N#Cc1cc(C#N)c([C-](C#N)C#N)nc1N.[Na+]. The number of aromatic nitrogens is 1. The van der Waals surface area contributed by atoms with Crippen LogP contribution in [0.3, 0.4) is 0 Å². The van der Waals surface area contributed by atoms with Gasteiger partial charge in [-0.2, -0.15) is 5.26 Å². The molecule has 0 saturated heterocycles. The fraction of sp³-hybridized carbons (Fsp3) is 0. The van der Waals surface area contributed by atoms with Gasteiger partial charge in [-0.25, -0.2) is 15.8 Å². The van der Waals surface area contributed by atoms with Crippen LogP contribution in [0.4, 0.5) is 5.82 Å². The molecule has 0 unspecified atom stereocenters. The minimum absolute atomic E-state index is 0. The largest absolute Gasteiger partial charge is 1.00 e. The summed E-state index contributed by atoms with van der Waals surface area (Å²) in [5, 5.41) is 34.8. The number of hydrogen-bond acceptors (Lipinski definition) is 6. The first-order valence-corrected chi connectivity index (χ1v) is 3.96. The van der Waals surface area contributed by atoms with Crippen LogP contribution >= 0.6 is 0 Å². The third kappa shape index (κ3) is 2.88. The van der Waals surface area contributed by atoms with Crippen LogP contribution in [-0.2, 0) is 0 Å². The quantitative estimate of drug-likeness (QED) is 0.414. The summed E-state index contributed by atoms with van der Waals surface area (Å²) in [5.74, 6) is -0.424. The zero-order valence-electron chi connectivity index (χ0n) is 8.89. The van der Waals surface area contributed by atoms with Crippen molar-refractivity contribution in [3.05, 3.63) is 28.8 Å². The van der Waals surface area contributed by atoms with Crippen molar-refractivity contribution >= 4 is 5.82 Å². The number of hydrogen-bond donors (Lipinski definition) is 1. The summed E-state index contributed by atoms with van der Waals surface area (Å²) in [6.07, 6.45) is 0. The first kappa shape index (κ1) is 14.8. The summed E-state index contributed by atoms with van der Waals surface area (Å²) in [4.78, 5) is 3.71. The standard InChI is InChI=1S/C10H3N6.Na/c11-2-6-1-7(3-12)10(15)16-9(6)8(4-13)5-14;/h1H,(H2,15,16);/q-1;+1. The second-order valence-corrected chi connectivity index (χ2v) is 2.64. The van der Waals surface area contributed by atoms with Gasteiger partial charge in [0.25, 0.3) is 0 Å². The molecule has 17 heavy (non-hydrogen) atoms. The normalized spacial score (nSPS) is 7.53. The molecule has 0 aliphatic rings. The van der Waals surface area contributed by atoms with Crippen LogP contribution in [0, 0.1) is 51.2 Å². The maximum Gasteiger partial charge on any atom is 1.00 e. The van der Waals surface area contributed by atoms with Crippen molar-refractivity contribution in [2.75, 3.05) is 5.73 Å². The molecule has 0 aromatic carbocycles. The number of nitriles is 4. The van der Waals surface area contributed by atoms with Gasteiger partial charge in [0.05, 0.1) is 5.56 Å². The summed E-state index contributed by atoms with van der Waals surface area (Å²) in [6.45, 7) is 0. The zero-order valence-corrected chi connectivity index (χ0v) is 10.9. The van der Waals surface area contributed by atoms with E-state index in [9.17, 15) is 0 Å². The Morgan fingerprint density at radius 3 is 2.00 bits per heavy atom. The van der Waals surface area contributed by atoms with E-state index in [1.54, 1.807) is 24.3 Å². The average Bonchev–Trinajstić information content (AvgIpc) is 2.31. The predicted molar refractivity (Wildman–Crippen MR) is 51.7 cm³/mol. The number of nitrogens with zero attached hydrogens (tertiary/aromatic N) is 5. The molecule has 1 rings (SSSR count). The molecule has 2 N–H and O–H groups in total. The molecule has 0 bridgehead atoms. The maximum absolute atomic E-state index is 8.80. The molecule has 0 aliphatic carbocycles. The third-order valence-electron chi connectivity index (χ3n) is 1.75. The Bertz CT molecular complexity index is 581. The van der Waals surface area contributed by atoms with E-state index in [4.69, 9.17) is 26.8 Å². The Morgan fingerprint density at radius 1 is 1.06 bits per heavy atom. The molecular weight excluding hydrogens is 227 g/mol. The summed E-state index contributed by atoms with van der Waals surface area (Å²) < 4.78 is 0. The van der Waals surface area contributed by atoms with Crippen LogP contribution in [0.1, 0.15) is 16.8 Å². The van der Waals surface area contributed by atoms with Crippen molar-refractivity contribution in [2.45, 2.75) is 0 Å². The van der Waals surface area contributed by atoms with E-state index in [2.05, 4.69) is 4.98 Å². The number of nitrogen functional groups attached to an aromatic ring is 1. The second-order valence-electron chi connectivity index (χ2n) is 2.64. The van der Waals surface area contributed by atoms with Crippen molar-refractivity contribution in [1.82, 2.24) is 4.98 Å². The average molecular weight is 230 g/mol. The van der Waals surface area contributed by atoms with Gasteiger partial charge in [0, 0.05) is 24.1 Å². The van der Waals surface area contributed by atoms with Crippen molar-refractivity contribution in [2.24, 2.45) is 0 Å². The van der Waals surface area contributed by atoms with E-state index in [0.29, 0.717) is 0 Å². The number of nitrogens with two attached hydrogens (primary N) is 1. The first-order chi connectivity index (χ1) is 7.67. The van der Waals surface area contributed by atoms with Crippen LogP contribution in [-0.4, -0.2) is 4.98 Å². The van der Waals surface area contributed by atoms with E-state index in [0.717, 1.165) is 0 Å². The molecule has 0 radical (unpaired) electrons. The molecule has 0 fully saturated rings. The molecule has 0 aliphatic heterocycles. The van der Waals surface area contributed by atoms with Crippen LogP contribution in [0.5, 0.6) is 0 Å². The van der Waals surface area contributed by atoms with Crippen molar-refractivity contribution in [3.8, 4) is 24.3 Å². The Morgan fingerprint density at radius 2 is 1.59 bits per heavy atom. The molecule has 1 heterocycles. The van der Waals surface area contributed by atoms with Gasteiger partial charge in [0.2, 0.25) is 0 Å². The molecule has 7 heteroatoms. The summed E-state index contributed by atoms with van der Waals surface area (Å²) in [6, 6.07) is 7.94. The predicted octanol–water partition coefficient (Wildman–Crippen LogP) is -2.62. The Kier molecular flexibility index (Phi) is 5.55. The molecule has 6 nitrogen and oxygen atoms in total. The van der Waals surface area contributed by atoms with Crippen molar-refractivity contribution in [3.63, 3.8) is 0 Å². The van der Waals surface area contributed by atoms with Gasteiger partial charge >= 0.3 is 29.6 Å². The monoisotopic (exact) mass is 230 g/mol. The van der Waals surface area contributed by atoms with Crippen LogP contribution in [0.2, 0.25) is 0 Å². The van der Waals surface area contributed by atoms with Gasteiger partial charge in [0.15, 0.2) is 0 Å². The number of anilines is 1. The third-order valence-corrected chi connectivity index (χ3v) is 1.75. The zero-order chi connectivity index (χ0) is 12.1. The van der Waals surface area contributed by atoms with Crippen molar-refractivity contribution < 1.29 is 29.6 Å². The molecule has 74 valence electrons. The molecule has 0 saturated carbocycles. The van der Waals surface area contributed by atoms with Gasteiger partial charge in [-0.05, 0) is 5.69 Å². The summed E-state index contributed by atoms with van der Waals surface area (Å²) >= 11 is 0. The molecule has 0 atom stereocenters. The first-order valence-electron chi connectivity index (χ1n) is 3.96. The smallest absolute Gasteiger partial charge is 0.383 e. The summed E-state index contributed by atoms with van der Waals surface area (Å²) in [5.41, 5.74) is 5.35. The van der Waals surface area contributed by atoms with E-state index < -0.39 is 0 Å². The number of pyridine rings is 1. The van der Waals surface area contributed by atoms with Crippen LogP contribution in [0.25, 0.3) is 0 Å². The number of rotatable bonds is 1.